The summed E-state index contributed by atoms with van der Waals surface area (Å²) in [6.45, 7) is 4.83. The molecule has 2 aromatic rings. The minimum atomic E-state index is -3.13. The highest BCUT2D eigenvalue weighted by atomic mass is 19.3. The Kier molecular flexibility index (Phi) is 8.04. The van der Waals surface area contributed by atoms with E-state index in [2.05, 4.69) is 15.0 Å². The monoisotopic (exact) mass is 519 g/mol. The number of ether oxygens (including phenoxy) is 2. The van der Waals surface area contributed by atoms with E-state index in [4.69, 9.17) is 4.74 Å². The summed E-state index contributed by atoms with van der Waals surface area (Å²) < 4.78 is 35.7. The lowest BCUT2D eigenvalue weighted by atomic mass is 9.70. The van der Waals surface area contributed by atoms with E-state index < -0.39 is 41.3 Å². The van der Waals surface area contributed by atoms with Crippen molar-refractivity contribution in [1.29, 1.82) is 0 Å². The zero-order valence-corrected chi connectivity index (χ0v) is 21.4. The second-order valence-corrected chi connectivity index (χ2v) is 10.1. The molecule has 2 N–H and O–H groups in total. The number of amides is 2. The van der Waals surface area contributed by atoms with Crippen LogP contribution in [-0.2, 0) is 19.7 Å². The molecule has 37 heavy (non-hydrogen) atoms. The average Bonchev–Trinajstić information content (AvgIpc) is 2.78. The van der Waals surface area contributed by atoms with Crippen molar-refractivity contribution in [3.63, 3.8) is 0 Å². The van der Waals surface area contributed by atoms with Crippen molar-refractivity contribution in [1.82, 2.24) is 9.88 Å². The summed E-state index contributed by atoms with van der Waals surface area (Å²) in [5.74, 6) is -2.00. The van der Waals surface area contributed by atoms with Crippen LogP contribution in [-0.4, -0.2) is 59.3 Å². The number of pyridine rings is 1. The molecule has 0 saturated carbocycles. The lowest BCUT2D eigenvalue weighted by Gasteiger charge is -2.49. The van der Waals surface area contributed by atoms with Crippen LogP contribution in [0.1, 0.15) is 50.4 Å². The standard InChI is InChI=1S/C26H31F2N3O6/c1-15(2)17-8-6-7-9-18(17)26(12-31(13-26)24(35)36-14-25(4,5)22(33)34)21(32)30-19-11-10-16(3)29-20(19)37-23(27)28/h6-11,15,23H,12-14H2,1-5H3,(H,30,32)(H,33,34). The summed E-state index contributed by atoms with van der Waals surface area (Å²) in [4.78, 5) is 43.0. The van der Waals surface area contributed by atoms with Crippen LogP contribution in [0.3, 0.4) is 0 Å². The Balaban J connectivity index is 1.91. The number of carboxylic acid groups (broad SMARTS) is 1. The third kappa shape index (κ3) is 5.98. The van der Waals surface area contributed by atoms with Crippen LogP contribution in [0.15, 0.2) is 36.4 Å². The van der Waals surface area contributed by atoms with E-state index in [9.17, 15) is 28.3 Å². The van der Waals surface area contributed by atoms with E-state index in [0.29, 0.717) is 11.3 Å². The molecule has 1 aromatic carbocycles. The van der Waals surface area contributed by atoms with Crippen LogP contribution in [0.5, 0.6) is 5.88 Å². The summed E-state index contributed by atoms with van der Waals surface area (Å²) in [5.41, 5.74) is -0.511. The van der Waals surface area contributed by atoms with Crippen molar-refractivity contribution >= 4 is 23.7 Å². The quantitative estimate of drug-likeness (QED) is 0.499. The molecule has 1 aliphatic rings. The van der Waals surface area contributed by atoms with E-state index in [1.165, 1.54) is 24.8 Å². The van der Waals surface area contributed by atoms with Crippen molar-refractivity contribution in [2.75, 3.05) is 25.0 Å². The first-order valence-electron chi connectivity index (χ1n) is 11.8. The molecular formula is C26H31F2N3O6. The van der Waals surface area contributed by atoms with E-state index in [0.717, 1.165) is 5.56 Å². The number of likely N-dealkylation sites (tertiary alicyclic amines) is 1. The molecule has 1 aliphatic heterocycles. The van der Waals surface area contributed by atoms with Crippen LogP contribution in [0, 0.1) is 12.3 Å². The first kappa shape index (κ1) is 27.8. The maximum Gasteiger partial charge on any atom is 0.409 e. The molecule has 0 spiro atoms. The summed E-state index contributed by atoms with van der Waals surface area (Å²) >= 11 is 0. The van der Waals surface area contributed by atoms with Gasteiger partial charge in [-0.15, -0.1) is 0 Å². The molecule has 1 aromatic heterocycles. The maximum absolute atomic E-state index is 13.8. The Bertz CT molecular complexity index is 1180. The average molecular weight is 520 g/mol. The third-order valence-electron chi connectivity index (χ3n) is 6.30. The fourth-order valence-electron chi connectivity index (χ4n) is 4.05. The number of hydrogen-bond donors (Lipinski definition) is 2. The highest BCUT2D eigenvalue weighted by molar-refractivity contribution is 6.02. The Morgan fingerprint density at radius 3 is 2.41 bits per heavy atom. The summed E-state index contributed by atoms with van der Waals surface area (Å²) in [6, 6.07) is 10.3. The molecule has 1 fully saturated rings. The normalized spacial score (nSPS) is 14.8. The fourth-order valence-corrected chi connectivity index (χ4v) is 4.05. The number of rotatable bonds is 9. The number of anilines is 1. The fraction of sp³-hybridized carbons (Fsp3) is 0.462. The maximum atomic E-state index is 13.8. The Hall–Kier alpha value is -3.76. The van der Waals surface area contributed by atoms with Crippen LogP contribution in [0.4, 0.5) is 19.3 Å². The molecule has 0 unspecified atom stereocenters. The van der Waals surface area contributed by atoms with Crippen LogP contribution in [0.25, 0.3) is 0 Å². The number of carboxylic acids is 1. The Morgan fingerprint density at radius 1 is 1.16 bits per heavy atom. The van der Waals surface area contributed by atoms with Crippen LogP contribution in [0.2, 0.25) is 0 Å². The molecule has 0 atom stereocenters. The first-order valence-corrected chi connectivity index (χ1v) is 11.8. The predicted molar refractivity (Wildman–Crippen MR) is 131 cm³/mol. The zero-order chi connectivity index (χ0) is 27.5. The third-order valence-corrected chi connectivity index (χ3v) is 6.30. The molecular weight excluding hydrogens is 488 g/mol. The number of aromatic nitrogens is 1. The van der Waals surface area contributed by atoms with Crippen LogP contribution >= 0.6 is 0 Å². The van der Waals surface area contributed by atoms with Gasteiger partial charge in [0.1, 0.15) is 17.7 Å². The summed E-state index contributed by atoms with van der Waals surface area (Å²) in [7, 11) is 0. The highest BCUT2D eigenvalue weighted by Crippen LogP contribution is 2.41. The SMILES string of the molecule is Cc1ccc(NC(=O)C2(c3ccccc3C(C)C)CN(C(=O)OCC(C)(C)C(=O)O)C2)c(OC(F)F)n1. The number of hydrogen-bond acceptors (Lipinski definition) is 6. The molecule has 11 heteroatoms. The number of nitrogens with one attached hydrogen (secondary N) is 1. The Labute approximate surface area is 213 Å². The Morgan fingerprint density at radius 2 is 1.81 bits per heavy atom. The van der Waals surface area contributed by atoms with Gasteiger partial charge in [-0.05, 0) is 49.9 Å². The number of alkyl halides is 2. The van der Waals surface area contributed by atoms with Gasteiger partial charge >= 0.3 is 18.7 Å². The topological polar surface area (TPSA) is 118 Å². The molecule has 1 saturated heterocycles. The van der Waals surface area contributed by atoms with Gasteiger partial charge in [-0.1, -0.05) is 38.1 Å². The van der Waals surface area contributed by atoms with E-state index >= 15 is 0 Å². The summed E-state index contributed by atoms with van der Waals surface area (Å²) in [5, 5.41) is 11.9. The van der Waals surface area contributed by atoms with E-state index in [-0.39, 0.29) is 31.3 Å². The minimum Gasteiger partial charge on any atom is -0.481 e. The zero-order valence-electron chi connectivity index (χ0n) is 21.4. The van der Waals surface area contributed by atoms with Gasteiger partial charge in [-0.25, -0.2) is 9.78 Å². The van der Waals surface area contributed by atoms with Crippen molar-refractivity contribution < 1.29 is 37.7 Å². The van der Waals surface area contributed by atoms with Crippen molar-refractivity contribution in [2.45, 2.75) is 52.6 Å². The molecule has 3 rings (SSSR count). The van der Waals surface area contributed by atoms with Gasteiger partial charge in [0.05, 0.1) is 5.41 Å². The largest absolute Gasteiger partial charge is 0.481 e. The van der Waals surface area contributed by atoms with Crippen molar-refractivity contribution in [2.24, 2.45) is 5.41 Å². The van der Waals surface area contributed by atoms with Gasteiger partial charge in [-0.3, -0.25) is 9.59 Å². The molecule has 0 aliphatic carbocycles. The number of aliphatic carboxylic acids is 1. The number of carbonyl (C=O) groups excluding carboxylic acids is 2. The van der Waals surface area contributed by atoms with Gasteiger partial charge < -0.3 is 24.8 Å². The number of nitrogens with zero attached hydrogens (tertiary/aromatic N) is 2. The van der Waals surface area contributed by atoms with Gasteiger partial charge in [0.25, 0.3) is 0 Å². The first-order chi connectivity index (χ1) is 17.3. The van der Waals surface area contributed by atoms with Crippen molar-refractivity contribution in [3.8, 4) is 5.88 Å². The van der Waals surface area contributed by atoms with Gasteiger partial charge in [0.15, 0.2) is 0 Å². The minimum absolute atomic E-state index is 0.0264. The molecule has 2 heterocycles. The number of benzene rings is 1. The number of halogens is 2. The van der Waals surface area contributed by atoms with E-state index in [1.807, 2.05) is 26.0 Å². The van der Waals surface area contributed by atoms with Gasteiger partial charge in [-0.2, -0.15) is 8.78 Å². The summed E-state index contributed by atoms with van der Waals surface area (Å²) in [6.07, 6.45) is -0.751. The highest BCUT2D eigenvalue weighted by Gasteiger charge is 2.54. The van der Waals surface area contributed by atoms with Gasteiger partial charge in [0.2, 0.25) is 11.8 Å². The lowest BCUT2D eigenvalue weighted by molar-refractivity contribution is -0.149. The lowest BCUT2D eigenvalue weighted by Crippen LogP contribution is -2.66. The number of carbonyl (C=O) groups is 3. The molecule has 2 amide bonds. The number of aryl methyl sites for hydroxylation is 1. The second-order valence-electron chi connectivity index (χ2n) is 10.1. The second kappa shape index (κ2) is 10.7. The van der Waals surface area contributed by atoms with Crippen LogP contribution < -0.4 is 10.1 Å². The molecule has 9 nitrogen and oxygen atoms in total. The molecule has 0 radical (unpaired) electrons. The predicted octanol–water partition coefficient (Wildman–Crippen LogP) is 4.55. The van der Waals surface area contributed by atoms with Gasteiger partial charge in [0, 0.05) is 18.8 Å². The van der Waals surface area contributed by atoms with E-state index in [1.54, 1.807) is 25.1 Å². The van der Waals surface area contributed by atoms with Crippen molar-refractivity contribution in [3.05, 3.63) is 53.2 Å². The smallest absolute Gasteiger partial charge is 0.409 e. The molecule has 0 bridgehead atoms. The molecule has 200 valence electrons.